The molecule has 15 heavy (non-hydrogen) atoms. The highest BCUT2D eigenvalue weighted by Gasteiger charge is 2.37. The quantitative estimate of drug-likeness (QED) is 0.713. The second kappa shape index (κ2) is 4.42. The van der Waals surface area contributed by atoms with E-state index in [1.165, 1.54) is 6.42 Å². The Kier molecular flexibility index (Phi) is 3.83. The average Bonchev–Trinajstić information content (AvgIpc) is 2.73. The van der Waals surface area contributed by atoms with Crippen molar-refractivity contribution in [3.05, 3.63) is 0 Å². The summed E-state index contributed by atoms with van der Waals surface area (Å²) < 4.78 is 0. The highest BCUT2D eigenvalue weighted by atomic mass is 16.3. The molecular formula is C13H26O2. The maximum Gasteiger partial charge on any atom is 0.0591 e. The Morgan fingerprint density at radius 2 is 1.20 bits per heavy atom. The van der Waals surface area contributed by atoms with Crippen molar-refractivity contribution in [1.29, 1.82) is 0 Å². The minimum atomic E-state index is -0.511. The van der Waals surface area contributed by atoms with Crippen molar-refractivity contribution in [2.45, 2.75) is 71.0 Å². The molecule has 1 fully saturated rings. The van der Waals surface area contributed by atoms with E-state index in [1.54, 1.807) is 0 Å². The third-order valence-corrected chi connectivity index (χ3v) is 3.32. The average molecular weight is 214 g/mol. The molecule has 2 unspecified atom stereocenters. The zero-order valence-corrected chi connectivity index (χ0v) is 10.6. The number of hydrogen-bond acceptors (Lipinski definition) is 2. The van der Waals surface area contributed by atoms with Crippen LogP contribution in [0.2, 0.25) is 0 Å². The van der Waals surface area contributed by atoms with Crippen molar-refractivity contribution in [2.24, 2.45) is 11.8 Å². The topological polar surface area (TPSA) is 40.5 Å². The zero-order chi connectivity index (χ0) is 11.7. The van der Waals surface area contributed by atoms with Crippen molar-refractivity contribution in [1.82, 2.24) is 0 Å². The SMILES string of the molecule is CC(C)(O)CCC1CC1CCC(C)(C)O. The van der Waals surface area contributed by atoms with E-state index >= 15 is 0 Å². The largest absolute Gasteiger partial charge is 0.390 e. The molecule has 90 valence electrons. The van der Waals surface area contributed by atoms with Gasteiger partial charge in [0.05, 0.1) is 11.2 Å². The van der Waals surface area contributed by atoms with E-state index in [9.17, 15) is 10.2 Å². The number of hydrogen-bond donors (Lipinski definition) is 2. The van der Waals surface area contributed by atoms with E-state index in [-0.39, 0.29) is 0 Å². The van der Waals surface area contributed by atoms with E-state index in [0.29, 0.717) is 0 Å². The van der Waals surface area contributed by atoms with Gasteiger partial charge in [0.25, 0.3) is 0 Å². The molecule has 0 amide bonds. The molecule has 2 N–H and O–H groups in total. The molecule has 0 bridgehead atoms. The predicted octanol–water partition coefficient (Wildman–Crippen LogP) is 2.72. The van der Waals surface area contributed by atoms with Gasteiger partial charge in [-0.15, -0.1) is 0 Å². The maximum absolute atomic E-state index is 9.60. The Morgan fingerprint density at radius 3 is 1.47 bits per heavy atom. The summed E-state index contributed by atoms with van der Waals surface area (Å²) >= 11 is 0. The van der Waals surface area contributed by atoms with Crippen molar-refractivity contribution in [2.75, 3.05) is 0 Å². The van der Waals surface area contributed by atoms with Crippen molar-refractivity contribution in [3.63, 3.8) is 0 Å². The molecule has 1 rings (SSSR count). The summed E-state index contributed by atoms with van der Waals surface area (Å²) in [5.74, 6) is 1.61. The van der Waals surface area contributed by atoms with Crippen molar-refractivity contribution in [3.8, 4) is 0 Å². The van der Waals surface area contributed by atoms with Gasteiger partial charge in [0.15, 0.2) is 0 Å². The van der Waals surface area contributed by atoms with Crippen molar-refractivity contribution < 1.29 is 10.2 Å². The van der Waals surface area contributed by atoms with Crippen molar-refractivity contribution >= 4 is 0 Å². The smallest absolute Gasteiger partial charge is 0.0591 e. The lowest BCUT2D eigenvalue weighted by atomic mass is 9.97. The van der Waals surface area contributed by atoms with Crippen LogP contribution < -0.4 is 0 Å². The Hall–Kier alpha value is -0.0800. The summed E-state index contributed by atoms with van der Waals surface area (Å²) in [6.07, 6.45) is 5.37. The third kappa shape index (κ3) is 6.16. The first-order chi connectivity index (χ1) is 6.67. The van der Waals surface area contributed by atoms with E-state index in [4.69, 9.17) is 0 Å². The summed E-state index contributed by atoms with van der Waals surface area (Å²) in [6, 6.07) is 0. The fourth-order valence-electron chi connectivity index (χ4n) is 2.09. The van der Waals surface area contributed by atoms with Gasteiger partial charge < -0.3 is 10.2 Å². The van der Waals surface area contributed by atoms with Gasteiger partial charge in [0.2, 0.25) is 0 Å². The van der Waals surface area contributed by atoms with Gasteiger partial charge in [0, 0.05) is 0 Å². The molecule has 0 spiro atoms. The molecule has 1 saturated carbocycles. The van der Waals surface area contributed by atoms with Gasteiger partial charge in [-0.05, 0) is 71.6 Å². The molecule has 2 nitrogen and oxygen atoms in total. The predicted molar refractivity (Wildman–Crippen MR) is 62.7 cm³/mol. The van der Waals surface area contributed by atoms with Crippen LogP contribution >= 0.6 is 0 Å². The Bertz CT molecular complexity index is 176. The molecule has 0 aromatic carbocycles. The van der Waals surface area contributed by atoms with Crippen LogP contribution in [0.15, 0.2) is 0 Å². The Morgan fingerprint density at radius 1 is 0.867 bits per heavy atom. The second-order valence-corrected chi connectivity index (χ2v) is 6.46. The standard InChI is InChI=1S/C13H26O2/c1-12(2,14)7-5-10-9-11(10)6-8-13(3,4)15/h10-11,14-15H,5-9H2,1-4H3. The van der Waals surface area contributed by atoms with Gasteiger partial charge in [-0.3, -0.25) is 0 Å². The lowest BCUT2D eigenvalue weighted by Crippen LogP contribution is -2.19. The Balaban J connectivity index is 2.08. The highest BCUT2D eigenvalue weighted by molar-refractivity contribution is 4.88. The normalized spacial score (nSPS) is 26.8. The van der Waals surface area contributed by atoms with Crippen LogP contribution in [0.1, 0.15) is 59.8 Å². The van der Waals surface area contributed by atoms with Crippen LogP contribution in [0, 0.1) is 11.8 Å². The van der Waals surface area contributed by atoms with Crippen LogP contribution in [0.3, 0.4) is 0 Å². The second-order valence-electron chi connectivity index (χ2n) is 6.46. The first-order valence-corrected chi connectivity index (χ1v) is 6.12. The molecular weight excluding hydrogens is 188 g/mol. The fourth-order valence-corrected chi connectivity index (χ4v) is 2.09. The fraction of sp³-hybridized carbons (Fsp3) is 1.00. The molecule has 1 aliphatic rings. The summed E-state index contributed by atoms with van der Waals surface area (Å²) in [5.41, 5.74) is -1.02. The van der Waals surface area contributed by atoms with Crippen LogP contribution in [-0.4, -0.2) is 21.4 Å². The summed E-state index contributed by atoms with van der Waals surface area (Å²) in [6.45, 7) is 7.50. The summed E-state index contributed by atoms with van der Waals surface area (Å²) in [4.78, 5) is 0. The van der Waals surface area contributed by atoms with Gasteiger partial charge in [-0.1, -0.05) is 0 Å². The summed E-state index contributed by atoms with van der Waals surface area (Å²) in [5, 5.41) is 19.2. The summed E-state index contributed by atoms with van der Waals surface area (Å²) in [7, 11) is 0. The molecule has 2 atom stereocenters. The van der Waals surface area contributed by atoms with E-state index < -0.39 is 11.2 Å². The van der Waals surface area contributed by atoms with E-state index in [2.05, 4.69) is 0 Å². The van der Waals surface area contributed by atoms with Crippen LogP contribution in [0.5, 0.6) is 0 Å². The van der Waals surface area contributed by atoms with Gasteiger partial charge in [0.1, 0.15) is 0 Å². The van der Waals surface area contributed by atoms with Crippen LogP contribution in [-0.2, 0) is 0 Å². The zero-order valence-electron chi connectivity index (χ0n) is 10.6. The molecule has 0 radical (unpaired) electrons. The lowest BCUT2D eigenvalue weighted by Gasteiger charge is -2.17. The van der Waals surface area contributed by atoms with E-state index in [0.717, 1.165) is 37.5 Å². The molecule has 0 saturated heterocycles. The van der Waals surface area contributed by atoms with Gasteiger partial charge in [-0.25, -0.2) is 0 Å². The minimum absolute atomic E-state index is 0.511. The monoisotopic (exact) mass is 214 g/mol. The molecule has 1 aliphatic carbocycles. The van der Waals surface area contributed by atoms with Gasteiger partial charge >= 0.3 is 0 Å². The maximum atomic E-state index is 9.60. The first-order valence-electron chi connectivity index (χ1n) is 6.12. The first kappa shape index (κ1) is 13.0. The molecule has 2 heteroatoms. The van der Waals surface area contributed by atoms with Gasteiger partial charge in [-0.2, -0.15) is 0 Å². The minimum Gasteiger partial charge on any atom is -0.390 e. The van der Waals surface area contributed by atoms with E-state index in [1.807, 2.05) is 27.7 Å². The molecule has 0 heterocycles. The highest BCUT2D eigenvalue weighted by Crippen LogP contribution is 2.46. The van der Waals surface area contributed by atoms with Crippen LogP contribution in [0.4, 0.5) is 0 Å². The molecule has 0 aromatic heterocycles. The number of aliphatic hydroxyl groups is 2. The Labute approximate surface area is 93.7 Å². The molecule has 0 aromatic rings. The van der Waals surface area contributed by atoms with Crippen LogP contribution in [0.25, 0.3) is 0 Å². The lowest BCUT2D eigenvalue weighted by molar-refractivity contribution is 0.0622. The third-order valence-electron chi connectivity index (χ3n) is 3.32. The molecule has 0 aliphatic heterocycles. The number of rotatable bonds is 6.